The van der Waals surface area contributed by atoms with Crippen LogP contribution in [0.4, 0.5) is 27.6 Å². The van der Waals surface area contributed by atoms with Crippen LogP contribution in [0.2, 0.25) is 5.02 Å². The van der Waals surface area contributed by atoms with E-state index in [2.05, 4.69) is 10.3 Å². The number of hydrazine groups is 1. The summed E-state index contributed by atoms with van der Waals surface area (Å²) in [5.74, 6) is -6.94. The van der Waals surface area contributed by atoms with Gasteiger partial charge in [-0.1, -0.05) is 17.7 Å². The molecular formula is C26H22ClF5N4O5. The van der Waals surface area contributed by atoms with Gasteiger partial charge in [0.05, 0.1) is 27.9 Å². The molecule has 1 unspecified atom stereocenters. The molecular weight excluding hydrogens is 579 g/mol. The van der Waals surface area contributed by atoms with Crippen molar-refractivity contribution >= 4 is 41.0 Å². The van der Waals surface area contributed by atoms with Crippen molar-refractivity contribution in [2.24, 2.45) is 5.92 Å². The molecule has 1 fully saturated rings. The average molecular weight is 601 g/mol. The number of hydroxylamine groups is 1. The van der Waals surface area contributed by atoms with Crippen molar-refractivity contribution < 1.29 is 46.0 Å². The number of anilines is 1. The summed E-state index contributed by atoms with van der Waals surface area (Å²) in [6.45, 7) is 2.52. The number of carbonyl (C=O) groups is 4. The van der Waals surface area contributed by atoms with E-state index in [1.54, 1.807) is 0 Å². The highest BCUT2D eigenvalue weighted by Gasteiger charge is 2.44. The van der Waals surface area contributed by atoms with Gasteiger partial charge in [-0.2, -0.15) is 13.2 Å². The van der Waals surface area contributed by atoms with Crippen molar-refractivity contribution in [3.63, 3.8) is 0 Å². The number of nitrogens with zero attached hydrogens (tertiary/aromatic N) is 3. The average Bonchev–Trinajstić information content (AvgIpc) is 2.90. The number of rotatable bonds is 5. The van der Waals surface area contributed by atoms with Gasteiger partial charge in [0.1, 0.15) is 18.2 Å². The minimum Gasteiger partial charge on any atom is -0.327 e. The van der Waals surface area contributed by atoms with Gasteiger partial charge in [-0.25, -0.2) is 19.0 Å². The quantitative estimate of drug-likeness (QED) is 0.523. The highest BCUT2D eigenvalue weighted by Crippen LogP contribution is 2.30. The number of amides is 3. The monoisotopic (exact) mass is 600 g/mol. The van der Waals surface area contributed by atoms with Crippen LogP contribution in [0.1, 0.15) is 29.8 Å². The van der Waals surface area contributed by atoms with Gasteiger partial charge in [0.15, 0.2) is 0 Å². The number of halogens is 6. The lowest BCUT2D eigenvalue weighted by atomic mass is 9.94. The summed E-state index contributed by atoms with van der Waals surface area (Å²) in [7, 11) is 0. The molecule has 0 bridgehead atoms. The Morgan fingerprint density at radius 2 is 1.80 bits per heavy atom. The third kappa shape index (κ3) is 6.26. The zero-order valence-electron chi connectivity index (χ0n) is 21.5. The standard InChI is InChI=1S/C26H22ClF5N4O5/c1-13-14(2)23(38)33-36(41-25(40)26(30,31)32)21(13)10-15-3-5-19(29)17(9-15)24(39)34-7-8-35(22(37)12-34)20-6-4-16(28)11-18(20)27/h3-6,9,11,14H,7-8,10,12H2,1-2H3,(H,33,38). The summed E-state index contributed by atoms with van der Waals surface area (Å²) in [5.41, 5.74) is 2.41. The molecule has 2 aliphatic heterocycles. The predicted molar refractivity (Wildman–Crippen MR) is 134 cm³/mol. The molecule has 0 aliphatic carbocycles. The lowest BCUT2D eigenvalue weighted by molar-refractivity contribution is -0.242. The summed E-state index contributed by atoms with van der Waals surface area (Å²) in [4.78, 5) is 56.4. The topological polar surface area (TPSA) is 99.3 Å². The fraction of sp³-hybridized carbons (Fsp3) is 0.308. The highest BCUT2D eigenvalue weighted by molar-refractivity contribution is 6.33. The first-order valence-corrected chi connectivity index (χ1v) is 12.5. The van der Waals surface area contributed by atoms with Crippen LogP contribution in [-0.4, -0.2) is 59.6 Å². The molecule has 15 heteroatoms. The lowest BCUT2D eigenvalue weighted by Gasteiger charge is -2.35. The van der Waals surface area contributed by atoms with Crippen molar-refractivity contribution in [3.8, 4) is 0 Å². The summed E-state index contributed by atoms with van der Waals surface area (Å²) >= 11 is 6.05. The molecule has 41 heavy (non-hydrogen) atoms. The van der Waals surface area contributed by atoms with Gasteiger partial charge in [-0.15, -0.1) is 5.17 Å². The van der Waals surface area contributed by atoms with E-state index in [0.717, 1.165) is 29.2 Å². The molecule has 1 atom stereocenters. The van der Waals surface area contributed by atoms with Crippen molar-refractivity contribution in [2.75, 3.05) is 24.5 Å². The maximum Gasteiger partial charge on any atom is 0.493 e. The van der Waals surface area contributed by atoms with E-state index in [-0.39, 0.29) is 47.1 Å². The van der Waals surface area contributed by atoms with Crippen LogP contribution < -0.4 is 10.3 Å². The fourth-order valence-corrected chi connectivity index (χ4v) is 4.58. The molecule has 1 N–H and O–H groups in total. The van der Waals surface area contributed by atoms with E-state index < -0.39 is 59.5 Å². The molecule has 0 radical (unpaired) electrons. The second-order valence-corrected chi connectivity index (χ2v) is 9.76. The van der Waals surface area contributed by atoms with Crippen molar-refractivity contribution in [3.05, 3.63) is 75.5 Å². The SMILES string of the molecule is CC1=C(Cc2ccc(F)c(C(=O)N3CCN(c4ccc(F)cc4Cl)C(=O)C3)c2)N(OC(=O)C(F)(F)F)NC(=O)C1C. The van der Waals surface area contributed by atoms with Crippen LogP contribution in [0.25, 0.3) is 0 Å². The zero-order chi connectivity index (χ0) is 30.2. The normalized spacial score (nSPS) is 18.0. The summed E-state index contributed by atoms with van der Waals surface area (Å²) in [5, 5.41) is 0.321. The Kier molecular flexibility index (Phi) is 8.24. The van der Waals surface area contributed by atoms with Crippen LogP contribution in [0, 0.1) is 17.6 Å². The molecule has 2 aromatic rings. The Bertz CT molecular complexity index is 1460. The molecule has 0 spiro atoms. The van der Waals surface area contributed by atoms with E-state index in [9.17, 15) is 41.1 Å². The third-order valence-corrected chi connectivity index (χ3v) is 7.00. The minimum absolute atomic E-state index is 0.000432. The number of allylic oxidation sites excluding steroid dienone is 1. The molecule has 218 valence electrons. The first-order chi connectivity index (χ1) is 19.2. The van der Waals surface area contributed by atoms with Crippen LogP contribution >= 0.6 is 11.6 Å². The zero-order valence-corrected chi connectivity index (χ0v) is 22.3. The maximum atomic E-state index is 14.8. The predicted octanol–water partition coefficient (Wildman–Crippen LogP) is 3.93. The third-order valence-electron chi connectivity index (χ3n) is 6.70. The first kappa shape index (κ1) is 29.8. The first-order valence-electron chi connectivity index (χ1n) is 12.1. The number of nitrogens with one attached hydrogen (secondary N) is 1. The smallest absolute Gasteiger partial charge is 0.327 e. The van der Waals surface area contributed by atoms with Gasteiger partial charge < -0.3 is 14.6 Å². The van der Waals surface area contributed by atoms with Crippen molar-refractivity contribution in [1.29, 1.82) is 0 Å². The molecule has 0 aromatic heterocycles. The Labute approximate surface area is 235 Å². The highest BCUT2D eigenvalue weighted by atomic mass is 35.5. The Morgan fingerprint density at radius 3 is 2.44 bits per heavy atom. The van der Waals surface area contributed by atoms with Gasteiger partial charge in [-0.05, 0) is 55.3 Å². The van der Waals surface area contributed by atoms with Gasteiger partial charge in [0.2, 0.25) is 11.8 Å². The maximum absolute atomic E-state index is 14.8. The summed E-state index contributed by atoms with van der Waals surface area (Å²) in [6.07, 6.45) is -5.59. The van der Waals surface area contributed by atoms with Gasteiger partial charge in [-0.3, -0.25) is 14.4 Å². The molecule has 1 saturated heterocycles. The number of hydrogen-bond donors (Lipinski definition) is 1. The van der Waals surface area contributed by atoms with E-state index in [0.29, 0.717) is 5.17 Å². The van der Waals surface area contributed by atoms with Gasteiger partial charge in [0.25, 0.3) is 5.91 Å². The second kappa shape index (κ2) is 11.4. The molecule has 0 saturated carbocycles. The van der Waals surface area contributed by atoms with E-state index in [1.807, 2.05) is 0 Å². The number of alkyl halides is 3. The Hall–Kier alpha value is -4.20. The van der Waals surface area contributed by atoms with Crippen LogP contribution in [0.15, 0.2) is 47.7 Å². The minimum atomic E-state index is -5.34. The lowest BCUT2D eigenvalue weighted by Crippen LogP contribution is -2.52. The van der Waals surface area contributed by atoms with Crippen LogP contribution in [0.3, 0.4) is 0 Å². The van der Waals surface area contributed by atoms with E-state index in [4.69, 9.17) is 11.6 Å². The Balaban J connectivity index is 1.55. The van der Waals surface area contributed by atoms with Crippen LogP contribution in [-0.2, 0) is 25.6 Å². The van der Waals surface area contributed by atoms with E-state index >= 15 is 0 Å². The Morgan fingerprint density at radius 1 is 1.10 bits per heavy atom. The molecule has 2 aromatic carbocycles. The van der Waals surface area contributed by atoms with E-state index in [1.165, 1.54) is 30.9 Å². The van der Waals surface area contributed by atoms with Crippen molar-refractivity contribution in [1.82, 2.24) is 15.5 Å². The van der Waals surface area contributed by atoms with Gasteiger partial charge >= 0.3 is 12.1 Å². The van der Waals surface area contributed by atoms with Gasteiger partial charge in [0, 0.05) is 19.5 Å². The number of piperazine rings is 1. The molecule has 2 heterocycles. The number of carbonyl (C=O) groups excluding carboxylic acids is 4. The molecule has 2 aliphatic rings. The second-order valence-electron chi connectivity index (χ2n) is 9.36. The summed E-state index contributed by atoms with van der Waals surface area (Å²) in [6, 6.07) is 6.92. The summed E-state index contributed by atoms with van der Waals surface area (Å²) < 4.78 is 66.6. The largest absolute Gasteiger partial charge is 0.493 e. The fourth-order valence-electron chi connectivity index (χ4n) is 4.31. The van der Waals surface area contributed by atoms with Crippen molar-refractivity contribution in [2.45, 2.75) is 26.4 Å². The van der Waals surface area contributed by atoms with Crippen LogP contribution in [0.5, 0.6) is 0 Å². The molecule has 9 nitrogen and oxygen atoms in total. The molecule has 4 rings (SSSR count). The number of hydrogen-bond acceptors (Lipinski definition) is 6. The molecule has 3 amide bonds. The number of benzene rings is 2.